The maximum absolute atomic E-state index is 12.9. The van der Waals surface area contributed by atoms with E-state index in [0.29, 0.717) is 12.2 Å². The van der Waals surface area contributed by atoms with E-state index >= 15 is 0 Å². The van der Waals surface area contributed by atoms with E-state index in [1.54, 1.807) is 11.8 Å². The van der Waals surface area contributed by atoms with Crippen LogP contribution >= 0.6 is 0 Å². The van der Waals surface area contributed by atoms with E-state index < -0.39 is 0 Å². The molecule has 1 amide bonds. The van der Waals surface area contributed by atoms with Crippen LogP contribution in [0.5, 0.6) is 5.75 Å². The van der Waals surface area contributed by atoms with Crippen LogP contribution in [0.3, 0.4) is 0 Å². The van der Waals surface area contributed by atoms with E-state index in [0.717, 1.165) is 30.2 Å². The van der Waals surface area contributed by atoms with Gasteiger partial charge < -0.3 is 14.5 Å². The third-order valence-corrected chi connectivity index (χ3v) is 4.49. The van der Waals surface area contributed by atoms with Gasteiger partial charge in [0.15, 0.2) is 5.69 Å². The molecule has 0 saturated carbocycles. The van der Waals surface area contributed by atoms with Crippen LogP contribution in [-0.4, -0.2) is 70.5 Å². The number of likely N-dealkylation sites (N-methyl/N-ethyl adjacent to an activating group) is 1. The molecule has 0 bridgehead atoms. The number of methoxy groups -OCH3 is 1. The first-order chi connectivity index (χ1) is 11.5. The molecule has 1 aliphatic heterocycles. The Morgan fingerprint density at radius 1 is 1.33 bits per heavy atom. The molecule has 0 unspecified atom stereocenters. The molecule has 2 heterocycles. The topological polar surface area (TPSA) is 63.5 Å². The zero-order valence-corrected chi connectivity index (χ0v) is 14.6. The molecule has 7 nitrogen and oxygen atoms in total. The SMILES string of the molecule is COc1cccc(-n2nnc(C(=O)N3CCN(C)C[C@H]3C)c2C)c1. The van der Waals surface area contributed by atoms with Gasteiger partial charge in [-0.05, 0) is 33.0 Å². The lowest BCUT2D eigenvalue weighted by Gasteiger charge is -2.37. The minimum absolute atomic E-state index is 0.0535. The van der Waals surface area contributed by atoms with Crippen LogP contribution < -0.4 is 4.74 Å². The Morgan fingerprint density at radius 3 is 2.83 bits per heavy atom. The van der Waals surface area contributed by atoms with Crippen LogP contribution in [0.25, 0.3) is 5.69 Å². The standard InChI is InChI=1S/C17H23N5O2/c1-12-11-20(3)8-9-21(12)17(23)16-13(2)22(19-18-16)14-6-5-7-15(10-14)24-4/h5-7,10,12H,8-9,11H2,1-4H3/t12-/m1/s1. The van der Waals surface area contributed by atoms with E-state index in [9.17, 15) is 4.79 Å². The highest BCUT2D eigenvalue weighted by molar-refractivity contribution is 5.93. The molecule has 7 heteroatoms. The monoisotopic (exact) mass is 329 g/mol. The van der Waals surface area contributed by atoms with Crippen LogP contribution in [0, 0.1) is 6.92 Å². The van der Waals surface area contributed by atoms with E-state index in [1.165, 1.54) is 0 Å². The summed E-state index contributed by atoms with van der Waals surface area (Å²) in [6.45, 7) is 6.39. The van der Waals surface area contributed by atoms with Gasteiger partial charge >= 0.3 is 0 Å². The number of piperazine rings is 1. The van der Waals surface area contributed by atoms with Crippen molar-refractivity contribution in [1.29, 1.82) is 0 Å². The van der Waals surface area contributed by atoms with Crippen LogP contribution in [0.4, 0.5) is 0 Å². The highest BCUT2D eigenvalue weighted by Gasteiger charge is 2.29. The second-order valence-corrected chi connectivity index (χ2v) is 6.25. The second kappa shape index (κ2) is 6.60. The number of hydrogen-bond donors (Lipinski definition) is 0. The minimum atomic E-state index is -0.0535. The summed E-state index contributed by atoms with van der Waals surface area (Å²) in [6, 6.07) is 7.70. The number of nitrogens with zero attached hydrogens (tertiary/aromatic N) is 5. The number of rotatable bonds is 3. The van der Waals surface area contributed by atoms with Crippen LogP contribution in [0.1, 0.15) is 23.1 Å². The summed E-state index contributed by atoms with van der Waals surface area (Å²) < 4.78 is 6.93. The van der Waals surface area contributed by atoms with Crippen molar-refractivity contribution in [3.8, 4) is 11.4 Å². The zero-order valence-electron chi connectivity index (χ0n) is 14.6. The number of hydrogen-bond acceptors (Lipinski definition) is 5. The summed E-state index contributed by atoms with van der Waals surface area (Å²) >= 11 is 0. The maximum Gasteiger partial charge on any atom is 0.276 e. The Morgan fingerprint density at radius 2 is 2.12 bits per heavy atom. The van der Waals surface area contributed by atoms with Gasteiger partial charge in [0.25, 0.3) is 5.91 Å². The fourth-order valence-electron chi connectivity index (χ4n) is 3.09. The Balaban J connectivity index is 1.88. The molecule has 1 aromatic carbocycles. The van der Waals surface area contributed by atoms with Crippen LogP contribution in [0.2, 0.25) is 0 Å². The normalized spacial score (nSPS) is 18.7. The van der Waals surface area contributed by atoms with Gasteiger partial charge in [-0.1, -0.05) is 11.3 Å². The van der Waals surface area contributed by atoms with E-state index in [2.05, 4.69) is 29.2 Å². The average Bonchev–Trinajstić information content (AvgIpc) is 2.96. The number of benzene rings is 1. The number of amides is 1. The first-order valence-electron chi connectivity index (χ1n) is 8.07. The fraction of sp³-hybridized carbons (Fsp3) is 0.471. The Hall–Kier alpha value is -2.41. The van der Waals surface area contributed by atoms with Gasteiger partial charge in [0.1, 0.15) is 5.75 Å². The van der Waals surface area contributed by atoms with Crippen LogP contribution in [0.15, 0.2) is 24.3 Å². The van der Waals surface area contributed by atoms with Gasteiger partial charge in [0.05, 0.1) is 18.5 Å². The van der Waals surface area contributed by atoms with Crippen LogP contribution in [-0.2, 0) is 0 Å². The highest BCUT2D eigenvalue weighted by Crippen LogP contribution is 2.20. The third kappa shape index (κ3) is 2.99. The summed E-state index contributed by atoms with van der Waals surface area (Å²) in [5, 5.41) is 8.31. The molecule has 1 fully saturated rings. The summed E-state index contributed by atoms with van der Waals surface area (Å²) in [7, 11) is 3.69. The van der Waals surface area contributed by atoms with Crippen molar-refractivity contribution < 1.29 is 9.53 Å². The molecule has 0 spiro atoms. The van der Waals surface area contributed by atoms with E-state index in [-0.39, 0.29) is 11.9 Å². The Bertz CT molecular complexity index is 742. The average molecular weight is 329 g/mol. The van der Waals surface area contributed by atoms with Crippen molar-refractivity contribution in [2.24, 2.45) is 0 Å². The largest absolute Gasteiger partial charge is 0.497 e. The smallest absolute Gasteiger partial charge is 0.276 e. The molecule has 0 N–H and O–H groups in total. The van der Waals surface area contributed by atoms with Gasteiger partial charge in [-0.2, -0.15) is 0 Å². The molecule has 0 aliphatic carbocycles. The highest BCUT2D eigenvalue weighted by atomic mass is 16.5. The van der Waals surface area contributed by atoms with Crippen molar-refractivity contribution in [3.63, 3.8) is 0 Å². The lowest BCUT2D eigenvalue weighted by Crippen LogP contribution is -2.52. The second-order valence-electron chi connectivity index (χ2n) is 6.25. The van der Waals surface area contributed by atoms with Gasteiger partial charge in [0.2, 0.25) is 0 Å². The van der Waals surface area contributed by atoms with Gasteiger partial charge in [-0.15, -0.1) is 5.10 Å². The van der Waals surface area contributed by atoms with Gasteiger partial charge in [-0.25, -0.2) is 4.68 Å². The van der Waals surface area contributed by atoms with E-state index in [4.69, 9.17) is 4.74 Å². The summed E-state index contributed by atoms with van der Waals surface area (Å²) in [6.07, 6.45) is 0. The fourth-order valence-corrected chi connectivity index (χ4v) is 3.09. The first-order valence-corrected chi connectivity index (χ1v) is 8.07. The van der Waals surface area contributed by atoms with Crippen molar-refractivity contribution in [2.45, 2.75) is 19.9 Å². The molecule has 1 saturated heterocycles. The molecule has 128 valence electrons. The summed E-state index contributed by atoms with van der Waals surface area (Å²) in [4.78, 5) is 17.0. The molecular weight excluding hydrogens is 306 g/mol. The molecule has 0 radical (unpaired) electrons. The molecule has 1 atom stereocenters. The molecule has 1 aliphatic rings. The number of carbonyl (C=O) groups excluding carboxylic acids is 1. The predicted molar refractivity (Wildman–Crippen MR) is 90.6 cm³/mol. The van der Waals surface area contributed by atoms with Gasteiger partial charge in [-0.3, -0.25) is 4.79 Å². The molecular formula is C17H23N5O2. The summed E-state index contributed by atoms with van der Waals surface area (Å²) in [5.74, 6) is 0.685. The third-order valence-electron chi connectivity index (χ3n) is 4.49. The van der Waals surface area contributed by atoms with E-state index in [1.807, 2.05) is 36.1 Å². The molecule has 24 heavy (non-hydrogen) atoms. The number of ether oxygens (including phenoxy) is 1. The lowest BCUT2D eigenvalue weighted by atomic mass is 10.1. The number of carbonyl (C=O) groups is 1. The summed E-state index contributed by atoms with van der Waals surface area (Å²) in [5.41, 5.74) is 1.97. The van der Waals surface area contributed by atoms with Crippen molar-refractivity contribution in [2.75, 3.05) is 33.8 Å². The van der Waals surface area contributed by atoms with Crippen molar-refractivity contribution in [1.82, 2.24) is 24.8 Å². The first kappa shape index (κ1) is 16.4. The van der Waals surface area contributed by atoms with Gasteiger partial charge in [0, 0.05) is 31.7 Å². The number of aromatic nitrogens is 3. The quantitative estimate of drug-likeness (QED) is 0.851. The lowest BCUT2D eigenvalue weighted by molar-refractivity contribution is 0.0527. The minimum Gasteiger partial charge on any atom is -0.497 e. The van der Waals surface area contributed by atoms with Crippen molar-refractivity contribution in [3.05, 3.63) is 35.7 Å². The Kier molecular flexibility index (Phi) is 4.53. The molecule has 1 aromatic heterocycles. The maximum atomic E-state index is 12.9. The molecule has 3 rings (SSSR count). The van der Waals surface area contributed by atoms with Crippen molar-refractivity contribution >= 4 is 5.91 Å². The molecule has 2 aromatic rings. The Labute approximate surface area is 141 Å². The predicted octanol–water partition coefficient (Wildman–Crippen LogP) is 1.36. The zero-order chi connectivity index (χ0) is 17.3.